The van der Waals surface area contributed by atoms with Crippen LogP contribution < -0.4 is 10.6 Å². The van der Waals surface area contributed by atoms with E-state index in [1.807, 2.05) is 54.6 Å². The zero-order chi connectivity index (χ0) is 20.6. The summed E-state index contributed by atoms with van der Waals surface area (Å²) < 4.78 is 5.35. The van der Waals surface area contributed by atoms with E-state index in [9.17, 15) is 9.90 Å². The average Bonchev–Trinajstić information content (AvgIpc) is 2.62. The number of benzene rings is 2. The zero-order valence-corrected chi connectivity index (χ0v) is 17.4. The Hall–Kier alpha value is -2.08. The topological polar surface area (TPSA) is 70.6 Å². The monoisotopic (exact) mass is 404 g/mol. The van der Waals surface area contributed by atoms with E-state index in [0.717, 1.165) is 11.1 Å². The molecule has 0 radical (unpaired) electrons. The Bertz CT molecular complexity index is 747. The highest BCUT2D eigenvalue weighted by Gasteiger charge is 2.24. The number of ether oxygens (including phenoxy) is 1. The van der Waals surface area contributed by atoms with Gasteiger partial charge in [-0.05, 0) is 44.4 Å². The van der Waals surface area contributed by atoms with Gasteiger partial charge < -0.3 is 20.5 Å². The van der Waals surface area contributed by atoms with E-state index in [-0.39, 0.29) is 0 Å². The van der Waals surface area contributed by atoms with Gasteiger partial charge in [0.1, 0.15) is 5.60 Å². The molecule has 0 saturated heterocycles. The first-order chi connectivity index (χ1) is 13.2. The van der Waals surface area contributed by atoms with Gasteiger partial charge in [0.25, 0.3) is 0 Å². The number of rotatable bonds is 8. The maximum atomic E-state index is 12.2. The quantitative estimate of drug-likeness (QED) is 0.623. The highest BCUT2D eigenvalue weighted by atomic mass is 35.5. The standard InChI is InChI=1S/C22H29ClN2O3/c1-22(2,3)28-21(27)25-19(13-16-9-5-4-6-10-16)20(26)15-24-14-17-11-7-8-12-18(17)23/h4-12,19-20,24,26H,13-15H2,1-3H3,(H,25,27)/t19-,20+/m0/s1. The molecule has 0 aliphatic heterocycles. The smallest absolute Gasteiger partial charge is 0.407 e. The molecule has 0 heterocycles. The highest BCUT2D eigenvalue weighted by molar-refractivity contribution is 6.31. The maximum absolute atomic E-state index is 12.2. The molecule has 28 heavy (non-hydrogen) atoms. The molecule has 0 spiro atoms. The lowest BCUT2D eigenvalue weighted by Gasteiger charge is -2.27. The fourth-order valence-corrected chi connectivity index (χ4v) is 2.95. The van der Waals surface area contributed by atoms with E-state index in [1.54, 1.807) is 20.8 Å². The van der Waals surface area contributed by atoms with Crippen molar-refractivity contribution >= 4 is 17.7 Å². The van der Waals surface area contributed by atoms with Crippen LogP contribution in [0.25, 0.3) is 0 Å². The third-order valence-corrected chi connectivity index (χ3v) is 4.46. The van der Waals surface area contributed by atoms with Gasteiger partial charge in [0, 0.05) is 18.1 Å². The molecule has 0 fully saturated rings. The van der Waals surface area contributed by atoms with Crippen LogP contribution in [0.5, 0.6) is 0 Å². The Labute approximate surface area is 172 Å². The lowest BCUT2D eigenvalue weighted by molar-refractivity contribution is 0.0422. The van der Waals surface area contributed by atoms with Gasteiger partial charge in [-0.25, -0.2) is 4.79 Å². The summed E-state index contributed by atoms with van der Waals surface area (Å²) >= 11 is 6.16. The number of alkyl carbamates (subject to hydrolysis) is 1. The van der Waals surface area contributed by atoms with E-state index in [4.69, 9.17) is 16.3 Å². The highest BCUT2D eigenvalue weighted by Crippen LogP contribution is 2.14. The Morgan fingerprint density at radius 3 is 2.39 bits per heavy atom. The van der Waals surface area contributed by atoms with Gasteiger partial charge in [0.15, 0.2) is 0 Å². The third-order valence-electron chi connectivity index (χ3n) is 4.09. The summed E-state index contributed by atoms with van der Waals surface area (Å²) in [6, 6.07) is 16.8. The number of halogens is 1. The molecule has 0 bridgehead atoms. The fourth-order valence-electron chi connectivity index (χ4n) is 2.75. The number of hydrogen-bond donors (Lipinski definition) is 3. The molecule has 1 amide bonds. The maximum Gasteiger partial charge on any atom is 0.407 e. The molecule has 2 rings (SSSR count). The summed E-state index contributed by atoms with van der Waals surface area (Å²) in [5, 5.41) is 17.4. The first kappa shape index (κ1) is 22.2. The van der Waals surface area contributed by atoms with Crippen molar-refractivity contribution in [2.45, 2.75) is 51.5 Å². The summed E-state index contributed by atoms with van der Waals surface area (Å²) in [5.74, 6) is 0. The molecule has 2 atom stereocenters. The molecule has 2 aromatic rings. The lowest BCUT2D eigenvalue weighted by atomic mass is 10.0. The summed E-state index contributed by atoms with van der Waals surface area (Å²) in [5.41, 5.74) is 1.37. The van der Waals surface area contributed by atoms with Gasteiger partial charge in [-0.1, -0.05) is 60.1 Å². The first-order valence-corrected chi connectivity index (χ1v) is 9.78. The molecule has 0 aromatic heterocycles. The van der Waals surface area contributed by atoms with Crippen molar-refractivity contribution in [3.63, 3.8) is 0 Å². The summed E-state index contributed by atoms with van der Waals surface area (Å²) in [6.07, 6.45) is -0.844. The van der Waals surface area contributed by atoms with Crippen LogP contribution in [0.1, 0.15) is 31.9 Å². The van der Waals surface area contributed by atoms with Crippen LogP contribution >= 0.6 is 11.6 Å². The number of hydrogen-bond acceptors (Lipinski definition) is 4. The van der Waals surface area contributed by atoms with Crippen LogP contribution in [-0.4, -0.2) is 35.5 Å². The molecule has 2 aromatic carbocycles. The van der Waals surface area contributed by atoms with E-state index in [2.05, 4.69) is 10.6 Å². The molecule has 0 aliphatic rings. The molecular weight excluding hydrogens is 376 g/mol. The predicted octanol–water partition coefficient (Wildman–Crippen LogP) is 3.93. The van der Waals surface area contributed by atoms with Crippen molar-refractivity contribution in [2.24, 2.45) is 0 Å². The number of amides is 1. The number of carbonyl (C=O) groups excluding carboxylic acids is 1. The van der Waals surface area contributed by atoms with Crippen LogP contribution in [0.4, 0.5) is 4.79 Å². The van der Waals surface area contributed by atoms with Gasteiger partial charge >= 0.3 is 6.09 Å². The number of aliphatic hydroxyl groups is 1. The van der Waals surface area contributed by atoms with Crippen molar-refractivity contribution in [1.29, 1.82) is 0 Å². The minimum Gasteiger partial charge on any atom is -0.444 e. The normalized spacial score (nSPS) is 13.6. The zero-order valence-electron chi connectivity index (χ0n) is 16.6. The van der Waals surface area contributed by atoms with Crippen LogP contribution in [0.15, 0.2) is 54.6 Å². The van der Waals surface area contributed by atoms with Crippen molar-refractivity contribution in [3.05, 3.63) is 70.7 Å². The van der Waals surface area contributed by atoms with Gasteiger partial charge in [0.05, 0.1) is 12.1 Å². The first-order valence-electron chi connectivity index (χ1n) is 9.40. The second-order valence-electron chi connectivity index (χ2n) is 7.73. The second-order valence-corrected chi connectivity index (χ2v) is 8.14. The van der Waals surface area contributed by atoms with Crippen molar-refractivity contribution in [2.75, 3.05) is 6.54 Å². The number of aliphatic hydroxyl groups excluding tert-OH is 1. The molecule has 5 nitrogen and oxygen atoms in total. The SMILES string of the molecule is CC(C)(C)OC(=O)N[C@@H](Cc1ccccc1)[C@H](O)CNCc1ccccc1Cl. The minimum absolute atomic E-state index is 0.304. The van der Waals surface area contributed by atoms with Gasteiger partial charge in [-0.2, -0.15) is 0 Å². The summed E-state index contributed by atoms with van der Waals surface area (Å²) in [7, 11) is 0. The van der Waals surface area contributed by atoms with Gasteiger partial charge in [-0.15, -0.1) is 0 Å². The van der Waals surface area contributed by atoms with Crippen LogP contribution in [0, 0.1) is 0 Å². The summed E-state index contributed by atoms with van der Waals surface area (Å²) in [4.78, 5) is 12.2. The minimum atomic E-state index is -0.796. The fraction of sp³-hybridized carbons (Fsp3) is 0.409. The Kier molecular flexibility index (Phi) is 8.30. The Morgan fingerprint density at radius 2 is 1.75 bits per heavy atom. The van der Waals surface area contributed by atoms with Crippen LogP contribution in [-0.2, 0) is 17.7 Å². The Morgan fingerprint density at radius 1 is 1.11 bits per heavy atom. The van der Waals surface area contributed by atoms with Gasteiger partial charge in [0.2, 0.25) is 0 Å². The molecule has 0 aliphatic carbocycles. The Balaban J connectivity index is 1.98. The molecule has 0 unspecified atom stereocenters. The van der Waals surface area contributed by atoms with E-state index >= 15 is 0 Å². The van der Waals surface area contributed by atoms with Gasteiger partial charge in [-0.3, -0.25) is 0 Å². The molecule has 152 valence electrons. The summed E-state index contributed by atoms with van der Waals surface area (Å²) in [6.45, 7) is 6.25. The van der Waals surface area contributed by atoms with Crippen molar-refractivity contribution in [3.8, 4) is 0 Å². The van der Waals surface area contributed by atoms with E-state index in [1.165, 1.54) is 0 Å². The predicted molar refractivity (Wildman–Crippen MR) is 112 cm³/mol. The molecule has 0 saturated carbocycles. The van der Waals surface area contributed by atoms with Crippen LogP contribution in [0.2, 0.25) is 5.02 Å². The molecule has 3 N–H and O–H groups in total. The number of carbonyl (C=O) groups is 1. The molecular formula is C22H29ClN2O3. The van der Waals surface area contributed by atoms with E-state index in [0.29, 0.717) is 24.5 Å². The van der Waals surface area contributed by atoms with Crippen molar-refractivity contribution < 1.29 is 14.6 Å². The van der Waals surface area contributed by atoms with Crippen molar-refractivity contribution in [1.82, 2.24) is 10.6 Å². The third kappa shape index (κ3) is 7.89. The van der Waals surface area contributed by atoms with E-state index < -0.39 is 23.8 Å². The van der Waals surface area contributed by atoms with Crippen LogP contribution in [0.3, 0.4) is 0 Å². The lowest BCUT2D eigenvalue weighted by Crippen LogP contribution is -2.49. The second kappa shape index (κ2) is 10.5. The largest absolute Gasteiger partial charge is 0.444 e. The molecule has 6 heteroatoms. The average molecular weight is 405 g/mol. The number of nitrogens with one attached hydrogen (secondary N) is 2.